The summed E-state index contributed by atoms with van der Waals surface area (Å²) in [5.74, 6) is 0.306. The van der Waals surface area contributed by atoms with Gasteiger partial charge in [0.05, 0.1) is 0 Å². The lowest BCUT2D eigenvalue weighted by atomic mass is 9.66. The molecular formula is C25H35NO4. The molecule has 164 valence electrons. The van der Waals surface area contributed by atoms with E-state index in [0.717, 1.165) is 5.56 Å². The number of ether oxygens (including phenoxy) is 2. The van der Waals surface area contributed by atoms with Crippen LogP contribution >= 0.6 is 0 Å². The number of hydrogen-bond acceptors (Lipinski definition) is 5. The Balaban J connectivity index is 2.49. The van der Waals surface area contributed by atoms with Crippen LogP contribution in [0.15, 0.2) is 48.2 Å². The Labute approximate surface area is 180 Å². The van der Waals surface area contributed by atoms with Crippen LogP contribution in [0, 0.1) is 10.8 Å². The number of rotatable bonds is 4. The van der Waals surface area contributed by atoms with Gasteiger partial charge < -0.3 is 14.4 Å². The van der Waals surface area contributed by atoms with Gasteiger partial charge in [-0.05, 0) is 16.5 Å². The van der Waals surface area contributed by atoms with Crippen LogP contribution in [-0.2, 0) is 31.0 Å². The normalized spacial score (nSPS) is 18.1. The molecule has 5 nitrogen and oxygen atoms in total. The van der Waals surface area contributed by atoms with Crippen molar-refractivity contribution in [1.29, 1.82) is 0 Å². The summed E-state index contributed by atoms with van der Waals surface area (Å²) in [7, 11) is 0. The first-order chi connectivity index (χ1) is 13.6. The Kier molecular flexibility index (Phi) is 6.55. The lowest BCUT2D eigenvalue weighted by molar-refractivity contribution is -0.143. The minimum Gasteiger partial charge on any atom is -0.429 e. The molecule has 1 aromatic rings. The largest absolute Gasteiger partial charge is 0.429 e. The predicted octanol–water partition coefficient (Wildman–Crippen LogP) is 5.66. The average molecular weight is 414 g/mol. The highest BCUT2D eigenvalue weighted by molar-refractivity contribution is 5.68. The van der Waals surface area contributed by atoms with Crippen molar-refractivity contribution >= 4 is 11.9 Å². The second-order valence-corrected chi connectivity index (χ2v) is 10.0. The van der Waals surface area contributed by atoms with Crippen LogP contribution in [0.2, 0.25) is 0 Å². The Morgan fingerprint density at radius 1 is 0.833 bits per heavy atom. The number of carbonyl (C=O) groups excluding carboxylic acids is 2. The van der Waals surface area contributed by atoms with E-state index in [1.165, 1.54) is 19.4 Å². The summed E-state index contributed by atoms with van der Waals surface area (Å²) in [5, 5.41) is 0. The van der Waals surface area contributed by atoms with Crippen LogP contribution in [0.25, 0.3) is 0 Å². The molecule has 0 saturated carbocycles. The van der Waals surface area contributed by atoms with Crippen molar-refractivity contribution in [3.63, 3.8) is 0 Å². The first-order valence-electron chi connectivity index (χ1n) is 10.3. The van der Waals surface area contributed by atoms with E-state index in [4.69, 9.17) is 9.47 Å². The lowest BCUT2D eigenvalue weighted by Crippen LogP contribution is -2.37. The Morgan fingerprint density at radius 2 is 1.23 bits per heavy atom. The second-order valence-electron chi connectivity index (χ2n) is 10.0. The molecule has 30 heavy (non-hydrogen) atoms. The predicted molar refractivity (Wildman–Crippen MR) is 118 cm³/mol. The van der Waals surface area contributed by atoms with Crippen LogP contribution in [0.4, 0.5) is 0 Å². The summed E-state index contributed by atoms with van der Waals surface area (Å²) in [6.45, 7) is 17.8. The Morgan fingerprint density at radius 3 is 1.57 bits per heavy atom. The minimum atomic E-state index is -0.592. The van der Waals surface area contributed by atoms with Crippen molar-refractivity contribution < 1.29 is 19.1 Å². The smallest absolute Gasteiger partial charge is 0.307 e. The molecule has 0 bridgehead atoms. The lowest BCUT2D eigenvalue weighted by Gasteiger charge is -2.41. The van der Waals surface area contributed by atoms with Gasteiger partial charge in [0, 0.05) is 43.6 Å². The molecule has 0 aliphatic carbocycles. The van der Waals surface area contributed by atoms with Gasteiger partial charge in [-0.3, -0.25) is 9.59 Å². The van der Waals surface area contributed by atoms with Gasteiger partial charge in [0.1, 0.15) is 11.5 Å². The maximum Gasteiger partial charge on any atom is 0.307 e. The van der Waals surface area contributed by atoms with Gasteiger partial charge in [0.2, 0.25) is 0 Å². The molecule has 0 fully saturated rings. The molecule has 0 radical (unpaired) electrons. The molecule has 0 N–H and O–H groups in total. The summed E-state index contributed by atoms with van der Waals surface area (Å²) in [5.41, 5.74) is 1.25. The molecule has 0 atom stereocenters. The maximum atomic E-state index is 11.8. The molecule has 0 amide bonds. The molecule has 1 aromatic carbocycles. The van der Waals surface area contributed by atoms with E-state index in [1.54, 1.807) is 0 Å². The quantitative estimate of drug-likeness (QED) is 0.596. The summed E-state index contributed by atoms with van der Waals surface area (Å²) in [6, 6.07) is 8.46. The number of carbonyl (C=O) groups is 2. The third kappa shape index (κ3) is 5.13. The third-order valence-electron chi connectivity index (χ3n) is 6.05. The molecule has 0 spiro atoms. The molecule has 5 heteroatoms. The van der Waals surface area contributed by atoms with Gasteiger partial charge in [0.15, 0.2) is 0 Å². The molecule has 1 aliphatic heterocycles. The first kappa shape index (κ1) is 23.7. The van der Waals surface area contributed by atoms with Crippen LogP contribution in [-0.4, -0.2) is 16.8 Å². The summed E-state index contributed by atoms with van der Waals surface area (Å²) in [6.07, 6.45) is 3.66. The van der Waals surface area contributed by atoms with E-state index in [0.29, 0.717) is 18.1 Å². The molecule has 1 aliphatic rings. The van der Waals surface area contributed by atoms with E-state index in [9.17, 15) is 9.59 Å². The molecule has 0 saturated heterocycles. The molecule has 1 heterocycles. The van der Waals surface area contributed by atoms with Crippen LogP contribution in [0.5, 0.6) is 0 Å². The van der Waals surface area contributed by atoms with Crippen molar-refractivity contribution in [2.24, 2.45) is 10.8 Å². The summed E-state index contributed by atoms with van der Waals surface area (Å²) < 4.78 is 11.2. The Bertz CT molecular complexity index is 823. The molecule has 0 unspecified atom stereocenters. The van der Waals surface area contributed by atoms with Crippen LogP contribution in [0.1, 0.15) is 73.4 Å². The van der Waals surface area contributed by atoms with Gasteiger partial charge in [0.25, 0.3) is 0 Å². The Hall–Kier alpha value is -2.56. The highest BCUT2D eigenvalue weighted by Crippen LogP contribution is 2.51. The van der Waals surface area contributed by atoms with E-state index >= 15 is 0 Å². The van der Waals surface area contributed by atoms with Crippen molar-refractivity contribution in [3.8, 4) is 0 Å². The van der Waals surface area contributed by atoms with Crippen molar-refractivity contribution in [3.05, 3.63) is 59.3 Å². The fourth-order valence-electron chi connectivity index (χ4n) is 3.31. The number of benzene rings is 1. The van der Waals surface area contributed by atoms with Crippen LogP contribution in [0.3, 0.4) is 0 Å². The van der Waals surface area contributed by atoms with Gasteiger partial charge in [-0.15, -0.1) is 0 Å². The van der Waals surface area contributed by atoms with E-state index < -0.39 is 10.8 Å². The SMILES string of the molecule is CC(=O)OC1=CN(Cc2ccc(C(C)(C)C)cc2)C=C(OC(C)=O)C(C)(C)C1(C)C. The third-order valence-corrected chi connectivity index (χ3v) is 6.05. The zero-order chi connectivity index (χ0) is 22.9. The van der Waals surface area contributed by atoms with Crippen molar-refractivity contribution in [2.75, 3.05) is 0 Å². The fourth-order valence-corrected chi connectivity index (χ4v) is 3.31. The molecule has 0 aromatic heterocycles. The maximum absolute atomic E-state index is 11.8. The van der Waals surface area contributed by atoms with E-state index in [1.807, 2.05) is 45.0 Å². The van der Waals surface area contributed by atoms with Gasteiger partial charge in [-0.2, -0.15) is 0 Å². The van der Waals surface area contributed by atoms with Gasteiger partial charge in [-0.1, -0.05) is 72.7 Å². The summed E-state index contributed by atoms with van der Waals surface area (Å²) in [4.78, 5) is 25.5. The molecular weight excluding hydrogens is 378 g/mol. The van der Waals surface area contributed by atoms with Gasteiger partial charge in [-0.25, -0.2) is 0 Å². The van der Waals surface area contributed by atoms with Crippen molar-refractivity contribution in [1.82, 2.24) is 4.90 Å². The topological polar surface area (TPSA) is 55.8 Å². The second kappa shape index (κ2) is 8.29. The van der Waals surface area contributed by atoms with E-state index in [-0.39, 0.29) is 17.4 Å². The number of nitrogens with zero attached hydrogens (tertiary/aromatic N) is 1. The van der Waals surface area contributed by atoms with Crippen LogP contribution < -0.4 is 0 Å². The minimum absolute atomic E-state index is 0.0833. The zero-order valence-corrected chi connectivity index (χ0v) is 19.8. The average Bonchev–Trinajstić information content (AvgIpc) is 2.64. The standard InChI is InChI=1S/C25H35NO4/c1-17(27)29-21-15-26(14-19-10-12-20(13-11-19)23(3,4)5)16-22(30-18(2)28)25(8,9)24(21,6)7/h10-13,15-16H,14H2,1-9H3. The number of esters is 2. The monoisotopic (exact) mass is 413 g/mol. The summed E-state index contributed by atoms with van der Waals surface area (Å²) >= 11 is 0. The highest BCUT2D eigenvalue weighted by atomic mass is 16.5. The first-order valence-corrected chi connectivity index (χ1v) is 10.3. The fraction of sp³-hybridized carbons (Fsp3) is 0.520. The van der Waals surface area contributed by atoms with Gasteiger partial charge >= 0.3 is 11.9 Å². The highest BCUT2D eigenvalue weighted by Gasteiger charge is 2.48. The number of allylic oxidation sites excluding steroid dienone is 2. The van der Waals surface area contributed by atoms with E-state index in [2.05, 4.69) is 45.0 Å². The zero-order valence-electron chi connectivity index (χ0n) is 19.8. The molecule has 2 rings (SSSR count). The number of hydrogen-bond donors (Lipinski definition) is 0. The van der Waals surface area contributed by atoms with Crippen molar-refractivity contribution in [2.45, 2.75) is 74.3 Å².